The Hall–Kier alpha value is -3.67. The second-order valence-corrected chi connectivity index (χ2v) is 11.7. The van der Waals surface area contributed by atoms with E-state index >= 15 is 0 Å². The highest BCUT2D eigenvalue weighted by molar-refractivity contribution is 8.01. The van der Waals surface area contributed by atoms with Crippen LogP contribution in [0.15, 0.2) is 41.6 Å². The van der Waals surface area contributed by atoms with E-state index in [9.17, 15) is 39.0 Å². The van der Waals surface area contributed by atoms with E-state index in [1.807, 2.05) is 0 Å². The van der Waals surface area contributed by atoms with Gasteiger partial charge in [-0.3, -0.25) is 24.1 Å². The third kappa shape index (κ3) is 5.45. The number of amides is 2. The van der Waals surface area contributed by atoms with E-state index in [1.165, 1.54) is 0 Å². The van der Waals surface area contributed by atoms with E-state index in [0.29, 0.717) is 17.3 Å². The van der Waals surface area contributed by atoms with Crippen LogP contribution in [0.5, 0.6) is 0 Å². The highest BCUT2D eigenvalue weighted by Gasteiger charge is 2.72. The molecule has 3 atom stereocenters. The summed E-state index contributed by atoms with van der Waals surface area (Å²) < 4.78 is 5.40. The highest BCUT2D eigenvalue weighted by atomic mass is 32.2. The summed E-state index contributed by atoms with van der Waals surface area (Å²) >= 11 is 0.503. The molecule has 2 heterocycles. The molecule has 0 bridgehead atoms. The molecule has 3 N–H and O–H groups in total. The molecule has 3 rings (SSSR count). The van der Waals surface area contributed by atoms with Gasteiger partial charge in [-0.25, -0.2) is 9.59 Å². The summed E-state index contributed by atoms with van der Waals surface area (Å²) in [6.45, 7) is 8.11. The van der Waals surface area contributed by atoms with Crippen molar-refractivity contribution in [2.24, 2.45) is 5.92 Å². The number of nitrogens with zero attached hydrogens (tertiary/aromatic N) is 1. The predicted octanol–water partition coefficient (Wildman–Crippen LogP) is 1.75. The quantitative estimate of drug-likeness (QED) is 0.236. The molecule has 2 aliphatic heterocycles. The van der Waals surface area contributed by atoms with Gasteiger partial charge in [0.1, 0.15) is 21.9 Å². The van der Waals surface area contributed by atoms with Gasteiger partial charge >= 0.3 is 17.9 Å². The normalized spacial score (nSPS) is 22.9. The number of hydrogen-bond acceptors (Lipinski definition) is 8. The molecule has 12 heteroatoms. The van der Waals surface area contributed by atoms with E-state index in [0.717, 1.165) is 4.90 Å². The zero-order valence-electron chi connectivity index (χ0n) is 21.6. The smallest absolute Gasteiger partial charge is 0.356 e. The third-order valence-corrected chi connectivity index (χ3v) is 7.31. The number of thioether (sulfide) groups is 1. The highest BCUT2D eigenvalue weighted by Crippen LogP contribution is 2.50. The molecule has 1 saturated heterocycles. The maximum Gasteiger partial charge on any atom is 0.356 e. The van der Waals surface area contributed by atoms with Crippen LogP contribution < -0.4 is 5.32 Å². The number of Topliss-reactive ketones (excluding diaryl/α,β-unsaturated/α-hetero) is 1. The number of ether oxygens (including phenoxy) is 1. The van der Waals surface area contributed by atoms with Crippen molar-refractivity contribution < 1.29 is 43.7 Å². The van der Waals surface area contributed by atoms with Gasteiger partial charge in [0.15, 0.2) is 5.78 Å². The van der Waals surface area contributed by atoms with Gasteiger partial charge < -0.3 is 20.3 Å². The van der Waals surface area contributed by atoms with Crippen molar-refractivity contribution in [2.75, 3.05) is 0 Å². The molecule has 0 radical (unpaired) electrons. The molecular weight excluding hydrogens is 516 g/mol. The molecule has 0 aliphatic carbocycles. The van der Waals surface area contributed by atoms with Crippen LogP contribution in [0.25, 0.3) is 0 Å². The summed E-state index contributed by atoms with van der Waals surface area (Å²) in [4.78, 5) is 78.4. The lowest BCUT2D eigenvalue weighted by atomic mass is 9.84. The standard InChI is InChI=1S/C26H30N2O9S/c1-13(2)11-15(29)17-18(21(33)37-25(3,4)5)28-22(34)26(24(35)36,23(28)38-19(17)20(31)32)27-16(30)12-14-9-7-6-8-10-14/h6-10,13,19,23H,11-12H2,1-5H3,(H,27,30)(H,31,32)(H,35,36)/t19?,23-,26?/m0/s1. The van der Waals surface area contributed by atoms with Crippen LogP contribution in [0.1, 0.15) is 46.6 Å². The third-order valence-electron chi connectivity index (χ3n) is 5.78. The number of hydrogen-bond donors (Lipinski definition) is 3. The molecule has 0 aromatic heterocycles. The Morgan fingerprint density at radius 3 is 2.21 bits per heavy atom. The van der Waals surface area contributed by atoms with E-state index in [1.54, 1.807) is 65.0 Å². The molecular formula is C26H30N2O9S. The number of ketones is 1. The van der Waals surface area contributed by atoms with E-state index in [4.69, 9.17) is 4.74 Å². The fourth-order valence-corrected chi connectivity index (χ4v) is 5.79. The first-order chi connectivity index (χ1) is 17.6. The Balaban J connectivity index is 2.11. The summed E-state index contributed by atoms with van der Waals surface area (Å²) in [6.07, 6.45) is -0.355. The number of carboxylic acid groups (broad SMARTS) is 2. The molecule has 2 unspecified atom stereocenters. The number of nitrogens with one attached hydrogen (secondary N) is 1. The molecule has 1 aromatic carbocycles. The minimum Gasteiger partial charge on any atom is -0.480 e. The van der Waals surface area contributed by atoms with Gasteiger partial charge in [-0.2, -0.15) is 0 Å². The number of carbonyl (C=O) groups is 6. The Labute approximate surface area is 223 Å². The lowest BCUT2D eigenvalue weighted by molar-refractivity contribution is -0.174. The van der Waals surface area contributed by atoms with Gasteiger partial charge in [-0.15, -0.1) is 11.8 Å². The lowest BCUT2D eigenvalue weighted by Gasteiger charge is -2.55. The van der Waals surface area contributed by atoms with Gasteiger partial charge in [-0.05, 0) is 32.3 Å². The van der Waals surface area contributed by atoms with Crippen molar-refractivity contribution in [1.82, 2.24) is 10.2 Å². The summed E-state index contributed by atoms with van der Waals surface area (Å²) in [6, 6.07) is 8.41. The van der Waals surface area contributed by atoms with E-state index < -0.39 is 68.5 Å². The van der Waals surface area contributed by atoms with Gasteiger partial charge in [0.2, 0.25) is 11.4 Å². The molecule has 1 aromatic rings. The van der Waals surface area contributed by atoms with Crippen LogP contribution in [0.4, 0.5) is 0 Å². The molecule has 0 saturated carbocycles. The summed E-state index contributed by atoms with van der Waals surface area (Å²) in [5.41, 5.74) is -4.11. The topological polar surface area (TPSA) is 167 Å². The number of aliphatic carboxylic acids is 2. The van der Waals surface area contributed by atoms with Crippen molar-refractivity contribution in [3.63, 3.8) is 0 Å². The number of esters is 1. The Bertz CT molecular complexity index is 1220. The van der Waals surface area contributed by atoms with Gasteiger partial charge in [0, 0.05) is 6.42 Å². The fourth-order valence-electron chi connectivity index (χ4n) is 4.25. The SMILES string of the molecule is CC(C)CC(=O)C1=C(C(=O)OC(C)(C)C)N2C(=O)C(NC(=O)Cc3ccccc3)(C(=O)O)[C@@H]2SC1C(=O)O. The Kier molecular flexibility index (Phi) is 8.06. The van der Waals surface area contributed by atoms with Crippen LogP contribution in [0.3, 0.4) is 0 Å². The first-order valence-corrected chi connectivity index (χ1v) is 12.9. The van der Waals surface area contributed by atoms with Crippen LogP contribution >= 0.6 is 11.8 Å². The number of benzene rings is 1. The molecule has 204 valence electrons. The van der Waals surface area contributed by atoms with Crippen molar-refractivity contribution in [3.05, 3.63) is 47.2 Å². The average molecular weight is 547 g/mol. The van der Waals surface area contributed by atoms with Gasteiger partial charge in [0.05, 0.1) is 12.0 Å². The van der Waals surface area contributed by atoms with Crippen LogP contribution in [0, 0.1) is 5.92 Å². The van der Waals surface area contributed by atoms with Gasteiger partial charge in [0.25, 0.3) is 5.91 Å². The fraction of sp³-hybridized carbons (Fsp3) is 0.462. The maximum absolute atomic E-state index is 13.5. The Morgan fingerprint density at radius 2 is 1.71 bits per heavy atom. The first kappa shape index (κ1) is 28.9. The largest absolute Gasteiger partial charge is 0.480 e. The zero-order chi connectivity index (χ0) is 28.6. The summed E-state index contributed by atoms with van der Waals surface area (Å²) in [5, 5.41) is 19.2. The summed E-state index contributed by atoms with van der Waals surface area (Å²) in [5.74, 6) is -7.20. The minimum absolute atomic E-state index is 0.115. The number of carbonyl (C=O) groups excluding carboxylic acids is 4. The van der Waals surface area contributed by atoms with Crippen LogP contribution in [0.2, 0.25) is 0 Å². The molecule has 11 nitrogen and oxygen atoms in total. The van der Waals surface area contributed by atoms with Crippen LogP contribution in [-0.4, -0.2) is 72.4 Å². The first-order valence-electron chi connectivity index (χ1n) is 11.9. The van der Waals surface area contributed by atoms with Crippen molar-refractivity contribution in [2.45, 2.75) is 69.2 Å². The molecule has 2 amide bonds. The zero-order valence-corrected chi connectivity index (χ0v) is 22.5. The number of β-lactam (4-membered cyclic amide) rings is 1. The second kappa shape index (κ2) is 10.6. The van der Waals surface area contributed by atoms with Gasteiger partial charge in [-0.1, -0.05) is 44.2 Å². The number of carboxylic acids is 2. The van der Waals surface area contributed by atoms with E-state index in [-0.39, 0.29) is 18.8 Å². The molecule has 1 fully saturated rings. The monoisotopic (exact) mass is 546 g/mol. The summed E-state index contributed by atoms with van der Waals surface area (Å²) in [7, 11) is 0. The molecule has 38 heavy (non-hydrogen) atoms. The predicted molar refractivity (Wildman–Crippen MR) is 136 cm³/mol. The van der Waals surface area contributed by atoms with Crippen LogP contribution in [-0.2, 0) is 39.9 Å². The number of rotatable bonds is 9. The molecule has 2 aliphatic rings. The lowest BCUT2D eigenvalue weighted by Crippen LogP contribution is -2.83. The molecule has 0 spiro atoms. The van der Waals surface area contributed by atoms with Crippen molar-refractivity contribution >= 4 is 47.3 Å². The number of fused-ring (bicyclic) bond motifs is 1. The van der Waals surface area contributed by atoms with E-state index in [2.05, 4.69) is 5.32 Å². The maximum atomic E-state index is 13.5. The van der Waals surface area contributed by atoms with Crippen molar-refractivity contribution in [3.8, 4) is 0 Å². The Morgan fingerprint density at radius 1 is 1.11 bits per heavy atom. The van der Waals surface area contributed by atoms with Crippen molar-refractivity contribution in [1.29, 1.82) is 0 Å². The minimum atomic E-state index is -2.55. The average Bonchev–Trinajstić information content (AvgIpc) is 2.79. The second-order valence-electron chi connectivity index (χ2n) is 10.5.